The van der Waals surface area contributed by atoms with Gasteiger partial charge in [0.05, 0.1) is 0 Å². The molecule has 2 rings (SSSR count). The van der Waals surface area contributed by atoms with Crippen molar-refractivity contribution in [1.29, 1.82) is 0 Å². The highest BCUT2D eigenvalue weighted by molar-refractivity contribution is 6.35. The molecule has 7 heteroatoms. The summed E-state index contributed by atoms with van der Waals surface area (Å²) >= 11 is 11.7. The largest absolute Gasteiger partial charge is 0.382 e. The first-order valence-corrected chi connectivity index (χ1v) is 5.54. The molecule has 0 radical (unpaired) electrons. The molecule has 3 N–H and O–H groups in total. The second-order valence-corrected chi connectivity index (χ2v) is 4.24. The van der Waals surface area contributed by atoms with Gasteiger partial charge in [-0.3, -0.25) is 0 Å². The summed E-state index contributed by atoms with van der Waals surface area (Å²) < 4.78 is 4.87. The summed E-state index contributed by atoms with van der Waals surface area (Å²) in [6.07, 6.45) is -0.967. The smallest absolute Gasteiger partial charge is 0.257 e. The van der Waals surface area contributed by atoms with Crippen LogP contribution in [0.4, 0.5) is 0 Å². The molecule has 0 aliphatic rings. The summed E-state index contributed by atoms with van der Waals surface area (Å²) in [7, 11) is 0. The van der Waals surface area contributed by atoms with Crippen LogP contribution in [0.3, 0.4) is 0 Å². The summed E-state index contributed by atoms with van der Waals surface area (Å²) in [5, 5.41) is 14.1. The summed E-state index contributed by atoms with van der Waals surface area (Å²) in [6, 6.07) is 4.90. The van der Waals surface area contributed by atoms with Gasteiger partial charge in [-0.25, -0.2) is 0 Å². The van der Waals surface area contributed by atoms with E-state index in [2.05, 4.69) is 10.1 Å². The molecule has 17 heavy (non-hydrogen) atoms. The van der Waals surface area contributed by atoms with Crippen molar-refractivity contribution in [2.45, 2.75) is 6.10 Å². The molecule has 2 aromatic rings. The van der Waals surface area contributed by atoms with Crippen molar-refractivity contribution < 1.29 is 9.63 Å². The monoisotopic (exact) mass is 273 g/mol. The fourth-order valence-electron chi connectivity index (χ4n) is 1.27. The van der Waals surface area contributed by atoms with Crippen LogP contribution in [0.15, 0.2) is 22.7 Å². The Hall–Kier alpha value is -1.14. The van der Waals surface area contributed by atoms with Gasteiger partial charge in [0.25, 0.3) is 5.89 Å². The van der Waals surface area contributed by atoms with Crippen molar-refractivity contribution in [3.63, 3.8) is 0 Å². The van der Waals surface area contributed by atoms with E-state index in [1.54, 1.807) is 18.2 Å². The van der Waals surface area contributed by atoms with E-state index in [1.807, 2.05) is 0 Å². The van der Waals surface area contributed by atoms with E-state index in [1.165, 1.54) is 0 Å². The van der Waals surface area contributed by atoms with Crippen molar-refractivity contribution in [1.82, 2.24) is 10.1 Å². The molecule has 1 aromatic heterocycles. The molecule has 0 aliphatic carbocycles. The lowest BCUT2D eigenvalue weighted by molar-refractivity contribution is 0.141. The first kappa shape index (κ1) is 12.3. The molecule has 1 heterocycles. The maximum atomic E-state index is 9.43. The summed E-state index contributed by atoms with van der Waals surface area (Å²) in [6.45, 7) is 0.0118. The van der Waals surface area contributed by atoms with Gasteiger partial charge in [0.15, 0.2) is 0 Å². The molecule has 0 saturated carbocycles. The number of aliphatic hydroxyl groups excluding tert-OH is 1. The SMILES string of the molecule is NCC(O)c1nc(-c2cc(Cl)cc(Cl)c2)no1. The van der Waals surface area contributed by atoms with Crippen LogP contribution in [0.1, 0.15) is 12.0 Å². The molecule has 1 atom stereocenters. The highest BCUT2D eigenvalue weighted by Gasteiger charge is 2.15. The first-order valence-electron chi connectivity index (χ1n) is 4.78. The number of hydrogen-bond acceptors (Lipinski definition) is 5. The third kappa shape index (κ3) is 2.76. The van der Waals surface area contributed by atoms with E-state index in [4.69, 9.17) is 33.5 Å². The zero-order valence-corrected chi connectivity index (χ0v) is 10.1. The van der Waals surface area contributed by atoms with E-state index >= 15 is 0 Å². The first-order chi connectivity index (χ1) is 8.10. The third-order valence-electron chi connectivity index (χ3n) is 2.07. The zero-order valence-electron chi connectivity index (χ0n) is 8.60. The van der Waals surface area contributed by atoms with Crippen LogP contribution in [0, 0.1) is 0 Å². The molecule has 1 aromatic carbocycles. The highest BCUT2D eigenvalue weighted by Crippen LogP contribution is 2.26. The molecule has 0 fully saturated rings. The van der Waals surface area contributed by atoms with Gasteiger partial charge in [-0.15, -0.1) is 0 Å². The standard InChI is InChI=1S/C10H9Cl2N3O2/c11-6-1-5(2-7(12)3-6)9-14-10(17-15-9)8(16)4-13/h1-3,8,16H,4,13H2. The number of hydrogen-bond donors (Lipinski definition) is 2. The fourth-order valence-corrected chi connectivity index (χ4v) is 1.80. The maximum absolute atomic E-state index is 9.43. The van der Waals surface area contributed by atoms with Gasteiger partial charge in [-0.05, 0) is 18.2 Å². The van der Waals surface area contributed by atoms with Crippen molar-refractivity contribution in [2.24, 2.45) is 5.73 Å². The maximum Gasteiger partial charge on any atom is 0.257 e. The quantitative estimate of drug-likeness (QED) is 0.894. The molecule has 0 saturated heterocycles. The Bertz CT molecular complexity index is 510. The minimum Gasteiger partial charge on any atom is -0.382 e. The number of aliphatic hydroxyl groups is 1. The second kappa shape index (κ2) is 5.01. The van der Waals surface area contributed by atoms with Crippen LogP contribution in [-0.2, 0) is 0 Å². The van der Waals surface area contributed by atoms with Crippen LogP contribution >= 0.6 is 23.2 Å². The Kier molecular flexibility index (Phi) is 3.63. The van der Waals surface area contributed by atoms with Gasteiger partial charge >= 0.3 is 0 Å². The predicted octanol–water partition coefficient (Wildman–Crippen LogP) is 2.04. The number of nitrogens with two attached hydrogens (primary N) is 1. The minimum atomic E-state index is -0.967. The zero-order chi connectivity index (χ0) is 12.4. The predicted molar refractivity (Wildman–Crippen MR) is 63.8 cm³/mol. The summed E-state index contributed by atoms with van der Waals surface area (Å²) in [5.74, 6) is 0.371. The average molecular weight is 274 g/mol. The molecule has 0 spiro atoms. The van der Waals surface area contributed by atoms with Gasteiger partial charge < -0.3 is 15.4 Å². The van der Waals surface area contributed by atoms with Gasteiger partial charge in [0.2, 0.25) is 5.82 Å². The van der Waals surface area contributed by atoms with Gasteiger partial charge in [0.1, 0.15) is 6.10 Å². The van der Waals surface area contributed by atoms with Crippen LogP contribution in [0.25, 0.3) is 11.4 Å². The Labute approximate surface area is 107 Å². The van der Waals surface area contributed by atoms with Crippen molar-refractivity contribution in [3.8, 4) is 11.4 Å². The summed E-state index contributed by atoms with van der Waals surface area (Å²) in [5.41, 5.74) is 5.89. The molecular weight excluding hydrogens is 265 g/mol. The number of halogens is 2. The van der Waals surface area contributed by atoms with Crippen molar-refractivity contribution in [3.05, 3.63) is 34.1 Å². The van der Waals surface area contributed by atoms with E-state index in [0.29, 0.717) is 21.4 Å². The molecule has 1 unspecified atom stereocenters. The normalized spacial score (nSPS) is 12.7. The van der Waals surface area contributed by atoms with Gasteiger partial charge in [0, 0.05) is 22.2 Å². The Balaban J connectivity index is 2.36. The fraction of sp³-hybridized carbons (Fsp3) is 0.200. The van der Waals surface area contributed by atoms with Crippen LogP contribution < -0.4 is 5.73 Å². The molecule has 0 bridgehead atoms. The number of rotatable bonds is 3. The topological polar surface area (TPSA) is 85.2 Å². The molecule has 0 amide bonds. The number of nitrogens with zero attached hydrogens (tertiary/aromatic N) is 2. The lowest BCUT2D eigenvalue weighted by atomic mass is 10.2. The Morgan fingerprint density at radius 2 is 1.94 bits per heavy atom. The minimum absolute atomic E-state index is 0.0118. The van der Waals surface area contributed by atoms with E-state index < -0.39 is 6.10 Å². The van der Waals surface area contributed by atoms with E-state index in [9.17, 15) is 5.11 Å². The van der Waals surface area contributed by atoms with Crippen molar-refractivity contribution in [2.75, 3.05) is 6.54 Å². The average Bonchev–Trinajstić information content (AvgIpc) is 2.76. The van der Waals surface area contributed by atoms with Crippen LogP contribution in [-0.4, -0.2) is 21.8 Å². The van der Waals surface area contributed by atoms with Gasteiger partial charge in [-0.2, -0.15) is 4.98 Å². The van der Waals surface area contributed by atoms with Crippen LogP contribution in [0.2, 0.25) is 10.0 Å². The summed E-state index contributed by atoms with van der Waals surface area (Å²) in [4.78, 5) is 4.01. The third-order valence-corrected chi connectivity index (χ3v) is 2.51. The molecular formula is C10H9Cl2N3O2. The lowest BCUT2D eigenvalue weighted by Gasteiger charge is -1.99. The lowest BCUT2D eigenvalue weighted by Crippen LogP contribution is -2.11. The molecule has 90 valence electrons. The van der Waals surface area contributed by atoms with E-state index in [0.717, 1.165) is 0 Å². The molecule has 5 nitrogen and oxygen atoms in total. The van der Waals surface area contributed by atoms with Crippen molar-refractivity contribution >= 4 is 23.2 Å². The second-order valence-electron chi connectivity index (χ2n) is 3.37. The van der Waals surface area contributed by atoms with Gasteiger partial charge in [-0.1, -0.05) is 28.4 Å². The highest BCUT2D eigenvalue weighted by atomic mass is 35.5. The van der Waals surface area contributed by atoms with E-state index in [-0.39, 0.29) is 12.4 Å². The molecule has 0 aliphatic heterocycles. The number of benzene rings is 1. The Morgan fingerprint density at radius 1 is 1.29 bits per heavy atom. The number of aromatic nitrogens is 2. The van der Waals surface area contributed by atoms with Crippen LogP contribution in [0.5, 0.6) is 0 Å². The Morgan fingerprint density at radius 3 is 2.53 bits per heavy atom.